The molecule has 0 bridgehead atoms. The van der Waals surface area contributed by atoms with Crippen LogP contribution in [0.2, 0.25) is 0 Å². The van der Waals surface area contributed by atoms with Gasteiger partial charge in [0.25, 0.3) is 0 Å². The summed E-state index contributed by atoms with van der Waals surface area (Å²) in [6.07, 6.45) is 0. The van der Waals surface area contributed by atoms with E-state index in [0.717, 1.165) is 21.9 Å². The zero-order valence-electron chi connectivity index (χ0n) is 8.52. The van der Waals surface area contributed by atoms with E-state index in [9.17, 15) is 0 Å². The summed E-state index contributed by atoms with van der Waals surface area (Å²) in [5.41, 5.74) is 7.55. The van der Waals surface area contributed by atoms with Gasteiger partial charge in [0.1, 0.15) is 10.8 Å². The zero-order valence-corrected chi connectivity index (χ0v) is 9.34. The summed E-state index contributed by atoms with van der Waals surface area (Å²) in [7, 11) is 1.65. The third-order valence-electron chi connectivity index (χ3n) is 2.10. The molecule has 0 saturated carbocycles. The van der Waals surface area contributed by atoms with Crippen LogP contribution in [0.4, 0.5) is 5.95 Å². The molecule has 1 aromatic heterocycles. The molecule has 2 aromatic rings. The first-order valence-electron chi connectivity index (χ1n) is 4.45. The van der Waals surface area contributed by atoms with Crippen molar-refractivity contribution in [1.29, 1.82) is 0 Å². The monoisotopic (exact) mass is 221 g/mol. The van der Waals surface area contributed by atoms with Gasteiger partial charge in [-0.2, -0.15) is 9.36 Å². The molecule has 0 unspecified atom stereocenters. The molecular weight excluding hydrogens is 210 g/mol. The van der Waals surface area contributed by atoms with Crippen molar-refractivity contribution in [3.63, 3.8) is 0 Å². The maximum absolute atomic E-state index is 5.47. The van der Waals surface area contributed by atoms with Crippen molar-refractivity contribution in [1.82, 2.24) is 9.36 Å². The number of anilines is 1. The Kier molecular flexibility index (Phi) is 2.55. The molecule has 0 aliphatic rings. The maximum Gasteiger partial charge on any atom is 0.232 e. The molecule has 2 rings (SSSR count). The van der Waals surface area contributed by atoms with Crippen LogP contribution in [-0.4, -0.2) is 16.5 Å². The topological polar surface area (TPSA) is 61.0 Å². The number of nitrogen functional groups attached to an aromatic ring is 1. The Morgan fingerprint density at radius 2 is 2.20 bits per heavy atom. The van der Waals surface area contributed by atoms with Crippen molar-refractivity contribution >= 4 is 17.5 Å². The van der Waals surface area contributed by atoms with Gasteiger partial charge in [0, 0.05) is 5.56 Å². The number of hydrogen-bond acceptors (Lipinski definition) is 5. The summed E-state index contributed by atoms with van der Waals surface area (Å²) in [6, 6.07) is 5.92. The number of aromatic nitrogens is 2. The van der Waals surface area contributed by atoms with Gasteiger partial charge in [-0.15, -0.1) is 0 Å². The highest BCUT2D eigenvalue weighted by Crippen LogP contribution is 2.28. The standard InChI is InChI=1S/C10H11N3OS/c1-6-3-4-7(5-8(6)14-2)9-12-10(11)13-15-9/h3-5H,1-2H3,(H2,11,13). The molecule has 2 N–H and O–H groups in total. The molecule has 0 atom stereocenters. The fourth-order valence-electron chi connectivity index (χ4n) is 1.31. The molecule has 1 aromatic carbocycles. The van der Waals surface area contributed by atoms with Gasteiger partial charge in [0.15, 0.2) is 0 Å². The average Bonchev–Trinajstić information content (AvgIpc) is 2.66. The highest BCUT2D eigenvalue weighted by Gasteiger charge is 2.06. The number of rotatable bonds is 2. The summed E-state index contributed by atoms with van der Waals surface area (Å²) in [6.45, 7) is 2.00. The van der Waals surface area contributed by atoms with E-state index < -0.39 is 0 Å². The van der Waals surface area contributed by atoms with Crippen LogP contribution in [0.25, 0.3) is 10.6 Å². The van der Waals surface area contributed by atoms with Gasteiger partial charge in [-0.1, -0.05) is 12.1 Å². The van der Waals surface area contributed by atoms with Crippen LogP contribution < -0.4 is 10.5 Å². The van der Waals surface area contributed by atoms with Crippen molar-refractivity contribution in [3.8, 4) is 16.3 Å². The smallest absolute Gasteiger partial charge is 0.232 e. The maximum atomic E-state index is 5.47. The lowest BCUT2D eigenvalue weighted by atomic mass is 10.1. The summed E-state index contributed by atoms with van der Waals surface area (Å²) in [5, 5.41) is 0.811. The van der Waals surface area contributed by atoms with Gasteiger partial charge in [0.2, 0.25) is 5.95 Å². The van der Waals surface area contributed by atoms with Crippen LogP contribution in [0, 0.1) is 6.92 Å². The first-order valence-corrected chi connectivity index (χ1v) is 5.22. The third kappa shape index (κ3) is 1.92. The number of ether oxygens (including phenoxy) is 1. The number of nitrogens with zero attached hydrogens (tertiary/aromatic N) is 2. The van der Waals surface area contributed by atoms with Crippen molar-refractivity contribution < 1.29 is 4.74 Å². The zero-order chi connectivity index (χ0) is 10.8. The Balaban J connectivity index is 2.45. The predicted octanol–water partition coefficient (Wildman–Crippen LogP) is 2.10. The Bertz CT molecular complexity index is 481. The van der Waals surface area contributed by atoms with E-state index in [0.29, 0.717) is 5.95 Å². The summed E-state index contributed by atoms with van der Waals surface area (Å²) >= 11 is 1.29. The van der Waals surface area contributed by atoms with Crippen molar-refractivity contribution in [2.24, 2.45) is 0 Å². The van der Waals surface area contributed by atoms with Gasteiger partial charge < -0.3 is 10.5 Å². The fraction of sp³-hybridized carbons (Fsp3) is 0.200. The first kappa shape index (κ1) is 9.92. The molecule has 0 spiro atoms. The Morgan fingerprint density at radius 1 is 1.40 bits per heavy atom. The molecule has 5 heteroatoms. The second kappa shape index (κ2) is 3.86. The molecule has 0 aliphatic carbocycles. The minimum atomic E-state index is 0.314. The highest BCUT2D eigenvalue weighted by molar-refractivity contribution is 7.09. The lowest BCUT2D eigenvalue weighted by Crippen LogP contribution is -1.88. The molecule has 0 aliphatic heterocycles. The average molecular weight is 221 g/mol. The molecular formula is C10H11N3OS. The fourth-order valence-corrected chi connectivity index (χ4v) is 1.89. The van der Waals surface area contributed by atoms with Gasteiger partial charge in [0.05, 0.1) is 7.11 Å². The van der Waals surface area contributed by atoms with E-state index in [1.54, 1.807) is 7.11 Å². The summed E-state index contributed by atoms with van der Waals surface area (Å²) in [5.74, 6) is 1.16. The lowest BCUT2D eigenvalue weighted by Gasteiger charge is -2.05. The minimum absolute atomic E-state index is 0.314. The SMILES string of the molecule is COc1cc(-c2nc(N)ns2)ccc1C. The second-order valence-corrected chi connectivity index (χ2v) is 3.89. The van der Waals surface area contributed by atoms with E-state index >= 15 is 0 Å². The van der Waals surface area contributed by atoms with E-state index in [4.69, 9.17) is 10.5 Å². The van der Waals surface area contributed by atoms with Gasteiger partial charge in [-0.05, 0) is 30.1 Å². The molecule has 0 fully saturated rings. The summed E-state index contributed by atoms with van der Waals surface area (Å²) in [4.78, 5) is 4.12. The number of methoxy groups -OCH3 is 1. The summed E-state index contributed by atoms with van der Waals surface area (Å²) < 4.78 is 9.18. The molecule has 15 heavy (non-hydrogen) atoms. The van der Waals surface area contributed by atoms with Crippen molar-refractivity contribution in [3.05, 3.63) is 23.8 Å². The van der Waals surface area contributed by atoms with Crippen LogP contribution in [0.3, 0.4) is 0 Å². The molecule has 0 saturated heterocycles. The van der Waals surface area contributed by atoms with E-state index in [1.165, 1.54) is 11.5 Å². The third-order valence-corrected chi connectivity index (χ3v) is 2.88. The molecule has 4 nitrogen and oxygen atoms in total. The highest BCUT2D eigenvalue weighted by atomic mass is 32.1. The normalized spacial score (nSPS) is 10.3. The van der Waals surface area contributed by atoms with Crippen LogP contribution in [-0.2, 0) is 0 Å². The molecule has 78 valence electrons. The van der Waals surface area contributed by atoms with Gasteiger partial charge >= 0.3 is 0 Å². The van der Waals surface area contributed by atoms with E-state index in [2.05, 4.69) is 9.36 Å². The van der Waals surface area contributed by atoms with Crippen molar-refractivity contribution in [2.75, 3.05) is 12.8 Å². The van der Waals surface area contributed by atoms with E-state index in [-0.39, 0.29) is 0 Å². The predicted molar refractivity (Wildman–Crippen MR) is 61.0 cm³/mol. The lowest BCUT2D eigenvalue weighted by molar-refractivity contribution is 0.412. The Morgan fingerprint density at radius 3 is 2.80 bits per heavy atom. The Labute approximate surface area is 91.9 Å². The van der Waals surface area contributed by atoms with Crippen LogP contribution in [0.5, 0.6) is 5.75 Å². The largest absolute Gasteiger partial charge is 0.496 e. The Hall–Kier alpha value is -1.62. The van der Waals surface area contributed by atoms with Crippen LogP contribution in [0.1, 0.15) is 5.56 Å². The number of aryl methyl sites for hydroxylation is 1. The van der Waals surface area contributed by atoms with Crippen LogP contribution in [0.15, 0.2) is 18.2 Å². The van der Waals surface area contributed by atoms with Gasteiger partial charge in [-0.25, -0.2) is 0 Å². The molecule has 1 heterocycles. The number of nitrogens with two attached hydrogens (primary N) is 1. The van der Waals surface area contributed by atoms with Gasteiger partial charge in [-0.3, -0.25) is 0 Å². The quantitative estimate of drug-likeness (QED) is 0.843. The number of benzene rings is 1. The number of hydrogen-bond donors (Lipinski definition) is 1. The second-order valence-electron chi connectivity index (χ2n) is 3.14. The first-order chi connectivity index (χ1) is 7.20. The molecule has 0 amide bonds. The van der Waals surface area contributed by atoms with Crippen molar-refractivity contribution in [2.45, 2.75) is 6.92 Å². The minimum Gasteiger partial charge on any atom is -0.496 e. The molecule has 0 radical (unpaired) electrons. The van der Waals surface area contributed by atoms with Crippen LogP contribution >= 0.6 is 11.5 Å². The van der Waals surface area contributed by atoms with E-state index in [1.807, 2.05) is 25.1 Å².